The predicted octanol–water partition coefficient (Wildman–Crippen LogP) is 3.68. The van der Waals surface area contributed by atoms with Crippen LogP contribution in [0.3, 0.4) is 0 Å². The molecule has 3 amide bonds. The number of hydrogen-bond acceptors (Lipinski definition) is 9. The Bertz CT molecular complexity index is 1620. The standard InChI is InChI=1S/C30H30N4O9/c1-5-41-29(38)26-17(3)32-30(39)33-27(26)18-7-10-23(24(13-18)40-4)42-15-25(35)34-31-14-20-8-11-22(43-20)21-9-6-19(28(36)37)12-16(21)2/h6-14,27H,5,15H2,1-4H3,(H,34,35)(H,36,37)(H2,32,33,39)/b31-14-/t27-/m0/s1. The van der Waals surface area contributed by atoms with E-state index in [0.717, 1.165) is 11.1 Å². The topological polar surface area (TPSA) is 178 Å². The van der Waals surface area contributed by atoms with E-state index in [1.54, 1.807) is 63.2 Å². The molecule has 2 aromatic carbocycles. The summed E-state index contributed by atoms with van der Waals surface area (Å²) in [6.45, 7) is 4.87. The summed E-state index contributed by atoms with van der Waals surface area (Å²) in [5.41, 5.74) is 5.16. The molecule has 0 spiro atoms. The molecule has 0 saturated carbocycles. The molecule has 43 heavy (non-hydrogen) atoms. The number of carboxylic acids is 1. The molecule has 13 nitrogen and oxygen atoms in total. The van der Waals surface area contributed by atoms with Crippen molar-refractivity contribution in [3.63, 3.8) is 0 Å². The molecule has 4 N–H and O–H groups in total. The smallest absolute Gasteiger partial charge is 0.338 e. The van der Waals surface area contributed by atoms with Gasteiger partial charge in [-0.15, -0.1) is 0 Å². The number of urea groups is 1. The number of aromatic carboxylic acids is 1. The molecule has 224 valence electrons. The van der Waals surface area contributed by atoms with E-state index in [4.69, 9.17) is 23.7 Å². The number of carbonyl (C=O) groups is 4. The number of allylic oxidation sites excluding steroid dienone is 1. The van der Waals surface area contributed by atoms with Crippen LogP contribution in [0.4, 0.5) is 4.79 Å². The van der Waals surface area contributed by atoms with Crippen LogP contribution in [0.25, 0.3) is 11.3 Å². The van der Waals surface area contributed by atoms with Crippen LogP contribution in [0.5, 0.6) is 11.5 Å². The maximum atomic E-state index is 12.6. The average Bonchev–Trinajstić information content (AvgIpc) is 3.44. The second-order valence-electron chi connectivity index (χ2n) is 9.32. The van der Waals surface area contributed by atoms with E-state index in [1.807, 2.05) is 0 Å². The zero-order valence-electron chi connectivity index (χ0n) is 23.8. The normalized spacial score (nSPS) is 14.6. The number of rotatable bonds is 11. The van der Waals surface area contributed by atoms with Gasteiger partial charge in [-0.3, -0.25) is 4.79 Å². The number of aryl methyl sites for hydroxylation is 1. The van der Waals surface area contributed by atoms with Gasteiger partial charge >= 0.3 is 18.0 Å². The van der Waals surface area contributed by atoms with Crippen molar-refractivity contribution < 1.29 is 42.9 Å². The van der Waals surface area contributed by atoms with E-state index < -0.39 is 29.9 Å². The number of hydrazone groups is 1. The largest absolute Gasteiger partial charge is 0.493 e. The van der Waals surface area contributed by atoms with E-state index in [-0.39, 0.29) is 35.8 Å². The summed E-state index contributed by atoms with van der Waals surface area (Å²) >= 11 is 0. The van der Waals surface area contributed by atoms with Crippen molar-refractivity contribution in [1.82, 2.24) is 16.1 Å². The molecule has 0 bridgehead atoms. The molecule has 0 aliphatic carbocycles. The van der Waals surface area contributed by atoms with Crippen molar-refractivity contribution in [3.8, 4) is 22.8 Å². The monoisotopic (exact) mass is 590 g/mol. The van der Waals surface area contributed by atoms with Gasteiger partial charge in [0.05, 0.1) is 37.1 Å². The Balaban J connectivity index is 1.37. The Hall–Kier alpha value is -5.59. The average molecular weight is 591 g/mol. The number of ether oxygens (including phenoxy) is 3. The highest BCUT2D eigenvalue weighted by Gasteiger charge is 2.32. The highest BCUT2D eigenvalue weighted by atomic mass is 16.5. The van der Waals surface area contributed by atoms with Crippen molar-refractivity contribution in [3.05, 3.63) is 82.3 Å². The van der Waals surface area contributed by atoms with Gasteiger partial charge in [-0.05, 0) is 68.3 Å². The van der Waals surface area contributed by atoms with Crippen LogP contribution in [0.2, 0.25) is 0 Å². The van der Waals surface area contributed by atoms with Gasteiger partial charge < -0.3 is 34.4 Å². The molecule has 3 aromatic rings. The van der Waals surface area contributed by atoms with Crippen LogP contribution >= 0.6 is 0 Å². The number of benzene rings is 2. The molecule has 1 aliphatic rings. The first-order chi connectivity index (χ1) is 20.6. The van der Waals surface area contributed by atoms with Gasteiger partial charge in [0.15, 0.2) is 18.1 Å². The molecule has 1 aliphatic heterocycles. The van der Waals surface area contributed by atoms with Gasteiger partial charge in [-0.1, -0.05) is 12.1 Å². The summed E-state index contributed by atoms with van der Waals surface area (Å²) in [4.78, 5) is 48.2. The molecule has 0 unspecified atom stereocenters. The first-order valence-electron chi connectivity index (χ1n) is 13.1. The van der Waals surface area contributed by atoms with Gasteiger partial charge in [0.25, 0.3) is 5.91 Å². The zero-order valence-corrected chi connectivity index (χ0v) is 23.8. The van der Waals surface area contributed by atoms with Crippen molar-refractivity contribution in [2.24, 2.45) is 5.10 Å². The molecular formula is C30H30N4O9. The van der Waals surface area contributed by atoms with Crippen LogP contribution in [-0.4, -0.2) is 55.5 Å². The summed E-state index contributed by atoms with van der Waals surface area (Å²) in [5.74, 6) is -0.716. The predicted molar refractivity (Wildman–Crippen MR) is 154 cm³/mol. The first-order valence-corrected chi connectivity index (χ1v) is 13.1. The number of methoxy groups -OCH3 is 1. The number of nitrogens with zero attached hydrogens (tertiary/aromatic N) is 1. The van der Waals surface area contributed by atoms with Crippen LogP contribution < -0.4 is 25.5 Å². The molecule has 13 heteroatoms. The number of carboxylic acid groups (broad SMARTS) is 1. The van der Waals surface area contributed by atoms with E-state index in [2.05, 4.69) is 21.2 Å². The summed E-state index contributed by atoms with van der Waals surface area (Å²) < 4.78 is 21.9. The third-order valence-corrected chi connectivity index (χ3v) is 6.39. The Kier molecular flexibility index (Phi) is 9.45. The Morgan fingerprint density at radius 2 is 1.88 bits per heavy atom. The van der Waals surface area contributed by atoms with Gasteiger partial charge in [0.1, 0.15) is 11.5 Å². The summed E-state index contributed by atoms with van der Waals surface area (Å²) in [6, 6.07) is 11.6. The molecule has 2 heterocycles. The van der Waals surface area contributed by atoms with Crippen molar-refractivity contribution in [2.45, 2.75) is 26.8 Å². The minimum Gasteiger partial charge on any atom is -0.493 e. The minimum absolute atomic E-state index is 0.172. The number of furan rings is 1. The fraction of sp³-hybridized carbons (Fsp3) is 0.233. The second-order valence-corrected chi connectivity index (χ2v) is 9.32. The van der Waals surface area contributed by atoms with Crippen molar-refractivity contribution >= 4 is 30.1 Å². The number of carbonyl (C=O) groups excluding carboxylic acids is 3. The van der Waals surface area contributed by atoms with Gasteiger partial charge in [-0.25, -0.2) is 19.8 Å². The zero-order chi connectivity index (χ0) is 31.1. The molecule has 0 fully saturated rings. The van der Waals surface area contributed by atoms with Crippen molar-refractivity contribution in [1.29, 1.82) is 0 Å². The summed E-state index contributed by atoms with van der Waals surface area (Å²) in [7, 11) is 1.42. The number of amides is 3. The lowest BCUT2D eigenvalue weighted by molar-refractivity contribution is -0.139. The molecule has 1 aromatic heterocycles. The highest BCUT2D eigenvalue weighted by molar-refractivity contribution is 5.95. The maximum absolute atomic E-state index is 12.6. The van der Waals surface area contributed by atoms with E-state index in [1.165, 1.54) is 19.4 Å². The molecule has 0 radical (unpaired) electrons. The van der Waals surface area contributed by atoms with Crippen LogP contribution in [0.1, 0.15) is 47.1 Å². The quantitative estimate of drug-likeness (QED) is 0.147. The Morgan fingerprint density at radius 1 is 1.09 bits per heavy atom. The van der Waals surface area contributed by atoms with Crippen LogP contribution in [0, 0.1) is 6.92 Å². The van der Waals surface area contributed by atoms with Crippen molar-refractivity contribution in [2.75, 3.05) is 20.3 Å². The lowest BCUT2D eigenvalue weighted by atomic mass is 9.95. The highest BCUT2D eigenvalue weighted by Crippen LogP contribution is 2.34. The Morgan fingerprint density at radius 3 is 2.58 bits per heavy atom. The molecular weight excluding hydrogens is 560 g/mol. The third-order valence-electron chi connectivity index (χ3n) is 6.39. The van der Waals surface area contributed by atoms with E-state index >= 15 is 0 Å². The van der Waals surface area contributed by atoms with E-state index in [9.17, 15) is 19.2 Å². The lowest BCUT2D eigenvalue weighted by Gasteiger charge is -2.28. The minimum atomic E-state index is -1.01. The second kappa shape index (κ2) is 13.4. The van der Waals surface area contributed by atoms with Gasteiger partial charge in [0.2, 0.25) is 0 Å². The third kappa shape index (κ3) is 7.19. The van der Waals surface area contributed by atoms with Crippen LogP contribution in [0.15, 0.2) is 69.3 Å². The van der Waals surface area contributed by atoms with Gasteiger partial charge in [-0.2, -0.15) is 5.10 Å². The lowest BCUT2D eigenvalue weighted by Crippen LogP contribution is -2.45. The van der Waals surface area contributed by atoms with E-state index in [0.29, 0.717) is 22.8 Å². The Labute approximate surface area is 246 Å². The summed E-state index contributed by atoms with van der Waals surface area (Å²) in [5, 5.41) is 18.3. The maximum Gasteiger partial charge on any atom is 0.338 e. The SMILES string of the molecule is CCOC(=O)C1=C(C)NC(=O)N[C@H]1c1ccc(OCC(=O)N/N=C\c2ccc(-c3ccc(C(=O)O)cc3C)o2)c(OC)c1. The number of nitrogens with one attached hydrogen (secondary N) is 3. The number of hydrogen-bond donors (Lipinski definition) is 4. The fourth-order valence-corrected chi connectivity index (χ4v) is 4.39. The first kappa shape index (κ1) is 30.4. The molecule has 1 atom stereocenters. The number of esters is 1. The molecule has 0 saturated heterocycles. The molecule has 4 rings (SSSR count). The van der Waals surface area contributed by atoms with Crippen LogP contribution in [-0.2, 0) is 14.3 Å². The van der Waals surface area contributed by atoms with Gasteiger partial charge in [0, 0.05) is 11.3 Å². The fourth-order valence-electron chi connectivity index (χ4n) is 4.39. The summed E-state index contributed by atoms with van der Waals surface area (Å²) in [6.07, 6.45) is 1.32.